The van der Waals surface area contributed by atoms with Crippen molar-refractivity contribution in [1.29, 1.82) is 0 Å². The molecule has 2 atom stereocenters. The molecule has 2 aliphatic heterocycles. The standard InChI is InChI=1S/C24H21ClN2O2/c25-20-8-6-17(7-9-20)21-10-11-22(28)27-14-16-12-19(23(21)27)15-26(13-16)24(29)18-4-2-1-3-5-18/h1-11,16,19H,12-15H2. The average molecular weight is 405 g/mol. The number of likely N-dealkylation sites (tertiary alicyclic amines) is 1. The fraction of sp³-hybridized carbons (Fsp3) is 0.250. The smallest absolute Gasteiger partial charge is 0.253 e. The maximum atomic E-state index is 13.0. The van der Waals surface area contributed by atoms with E-state index in [4.69, 9.17) is 11.6 Å². The normalized spacial score (nSPS) is 20.2. The molecule has 3 aromatic rings. The van der Waals surface area contributed by atoms with Crippen molar-refractivity contribution in [2.24, 2.45) is 5.92 Å². The number of piperidine rings is 1. The van der Waals surface area contributed by atoms with Crippen molar-refractivity contribution in [3.05, 3.63) is 93.4 Å². The van der Waals surface area contributed by atoms with Crippen LogP contribution < -0.4 is 5.56 Å². The molecule has 1 fully saturated rings. The molecule has 2 bridgehead atoms. The van der Waals surface area contributed by atoms with Crippen LogP contribution in [0.25, 0.3) is 11.1 Å². The molecule has 0 N–H and O–H groups in total. The van der Waals surface area contributed by atoms with Crippen LogP contribution in [0.3, 0.4) is 0 Å². The summed E-state index contributed by atoms with van der Waals surface area (Å²) in [7, 11) is 0. The molecule has 0 aliphatic carbocycles. The van der Waals surface area contributed by atoms with Crippen LogP contribution in [-0.2, 0) is 6.54 Å². The van der Waals surface area contributed by atoms with Gasteiger partial charge in [-0.1, -0.05) is 41.9 Å². The first-order valence-electron chi connectivity index (χ1n) is 9.94. The van der Waals surface area contributed by atoms with Crippen molar-refractivity contribution in [1.82, 2.24) is 9.47 Å². The number of aromatic nitrogens is 1. The number of amides is 1. The quantitative estimate of drug-likeness (QED) is 0.634. The Balaban J connectivity index is 1.55. The van der Waals surface area contributed by atoms with Crippen LogP contribution in [0.2, 0.25) is 5.02 Å². The monoisotopic (exact) mass is 404 g/mol. The van der Waals surface area contributed by atoms with Gasteiger partial charge in [-0.15, -0.1) is 0 Å². The van der Waals surface area contributed by atoms with Crippen LogP contribution in [0.4, 0.5) is 0 Å². The highest BCUT2D eigenvalue weighted by atomic mass is 35.5. The highest BCUT2D eigenvalue weighted by Crippen LogP contribution is 2.40. The number of benzene rings is 2. The number of hydrogen-bond donors (Lipinski definition) is 0. The van der Waals surface area contributed by atoms with Gasteiger partial charge in [-0.3, -0.25) is 9.59 Å². The van der Waals surface area contributed by atoms with Gasteiger partial charge in [0.25, 0.3) is 11.5 Å². The second-order valence-corrected chi connectivity index (χ2v) is 8.40. The highest BCUT2D eigenvalue weighted by Gasteiger charge is 2.38. The van der Waals surface area contributed by atoms with E-state index in [-0.39, 0.29) is 17.4 Å². The van der Waals surface area contributed by atoms with Crippen molar-refractivity contribution in [2.45, 2.75) is 18.9 Å². The van der Waals surface area contributed by atoms with Crippen LogP contribution in [0.15, 0.2) is 71.5 Å². The van der Waals surface area contributed by atoms with E-state index in [1.165, 1.54) is 0 Å². The lowest BCUT2D eigenvalue weighted by Gasteiger charge is -2.43. The molecule has 2 unspecified atom stereocenters. The molecular formula is C24H21ClN2O2. The third-order valence-electron chi connectivity index (χ3n) is 6.05. The van der Waals surface area contributed by atoms with Crippen molar-refractivity contribution >= 4 is 17.5 Å². The molecule has 5 heteroatoms. The van der Waals surface area contributed by atoms with Crippen molar-refractivity contribution in [3.63, 3.8) is 0 Å². The Bertz CT molecular complexity index is 1120. The Kier molecular flexibility index (Phi) is 4.51. The molecule has 0 spiro atoms. The number of rotatable bonds is 2. The minimum atomic E-state index is 0.0373. The number of pyridine rings is 1. The van der Waals surface area contributed by atoms with E-state index in [0.717, 1.165) is 28.8 Å². The molecule has 0 radical (unpaired) electrons. The van der Waals surface area contributed by atoms with Gasteiger partial charge in [0.05, 0.1) is 0 Å². The topological polar surface area (TPSA) is 42.3 Å². The molecule has 1 aromatic heterocycles. The van der Waals surface area contributed by atoms with Crippen LogP contribution in [0, 0.1) is 5.92 Å². The summed E-state index contributed by atoms with van der Waals surface area (Å²) < 4.78 is 1.92. The lowest BCUT2D eigenvalue weighted by atomic mass is 9.80. The molecule has 2 aliphatic rings. The zero-order valence-electron chi connectivity index (χ0n) is 15.9. The molecule has 4 nitrogen and oxygen atoms in total. The first-order valence-corrected chi connectivity index (χ1v) is 10.3. The summed E-state index contributed by atoms with van der Waals surface area (Å²) in [5, 5.41) is 0.688. The molecule has 1 saturated heterocycles. The van der Waals surface area contributed by atoms with Crippen molar-refractivity contribution < 1.29 is 4.79 Å². The maximum absolute atomic E-state index is 13.0. The van der Waals surface area contributed by atoms with E-state index in [9.17, 15) is 9.59 Å². The molecular weight excluding hydrogens is 384 g/mol. The molecule has 1 amide bonds. The predicted molar refractivity (Wildman–Crippen MR) is 114 cm³/mol. The summed E-state index contributed by atoms with van der Waals surface area (Å²) in [5.41, 5.74) is 3.90. The molecule has 146 valence electrons. The lowest BCUT2D eigenvalue weighted by Crippen LogP contribution is -2.49. The largest absolute Gasteiger partial charge is 0.338 e. The van der Waals surface area contributed by atoms with E-state index in [0.29, 0.717) is 30.6 Å². The van der Waals surface area contributed by atoms with Gasteiger partial charge in [0.1, 0.15) is 0 Å². The Morgan fingerprint density at radius 3 is 2.41 bits per heavy atom. The number of nitrogens with zero attached hydrogens (tertiary/aromatic N) is 2. The molecule has 3 heterocycles. The number of halogens is 1. The summed E-state index contributed by atoms with van der Waals surface area (Å²) >= 11 is 6.06. The SMILES string of the molecule is O=C(c1ccccc1)N1CC2CC(C1)c1c(-c3ccc(Cl)cc3)ccc(=O)n1C2. The summed E-state index contributed by atoms with van der Waals surface area (Å²) in [5.74, 6) is 0.516. The number of fused-ring (bicyclic) bond motifs is 4. The van der Waals surface area contributed by atoms with E-state index in [1.54, 1.807) is 6.07 Å². The Labute approximate surface area is 174 Å². The van der Waals surface area contributed by atoms with Gasteiger partial charge in [-0.05, 0) is 48.2 Å². The van der Waals surface area contributed by atoms with Gasteiger partial charge in [0.2, 0.25) is 0 Å². The van der Waals surface area contributed by atoms with E-state index < -0.39 is 0 Å². The third kappa shape index (κ3) is 3.28. The van der Waals surface area contributed by atoms with E-state index in [1.807, 2.05) is 70.1 Å². The number of carbonyl (C=O) groups excluding carboxylic acids is 1. The van der Waals surface area contributed by atoms with Crippen LogP contribution in [0.5, 0.6) is 0 Å². The summed E-state index contributed by atoms with van der Waals surface area (Å²) in [6.45, 7) is 1.99. The van der Waals surface area contributed by atoms with Gasteiger partial charge >= 0.3 is 0 Å². The van der Waals surface area contributed by atoms with Crippen molar-refractivity contribution in [3.8, 4) is 11.1 Å². The summed E-state index contributed by atoms with van der Waals surface area (Å²) in [6.07, 6.45) is 1.00. The zero-order valence-corrected chi connectivity index (χ0v) is 16.7. The zero-order chi connectivity index (χ0) is 20.0. The lowest BCUT2D eigenvalue weighted by molar-refractivity contribution is 0.0595. The van der Waals surface area contributed by atoms with Gasteiger partial charge in [0, 0.05) is 53.5 Å². The molecule has 29 heavy (non-hydrogen) atoms. The minimum Gasteiger partial charge on any atom is -0.338 e. The first kappa shape index (κ1) is 18.2. The highest BCUT2D eigenvalue weighted by molar-refractivity contribution is 6.30. The Morgan fingerprint density at radius 2 is 1.66 bits per heavy atom. The molecule has 5 rings (SSSR count). The minimum absolute atomic E-state index is 0.0373. The van der Waals surface area contributed by atoms with Gasteiger partial charge in [-0.25, -0.2) is 0 Å². The van der Waals surface area contributed by atoms with Crippen LogP contribution >= 0.6 is 11.6 Å². The van der Waals surface area contributed by atoms with Gasteiger partial charge < -0.3 is 9.47 Å². The number of hydrogen-bond acceptors (Lipinski definition) is 2. The maximum Gasteiger partial charge on any atom is 0.253 e. The van der Waals surface area contributed by atoms with Gasteiger partial charge in [0.15, 0.2) is 0 Å². The fourth-order valence-electron chi connectivity index (χ4n) is 4.82. The Morgan fingerprint density at radius 1 is 0.897 bits per heavy atom. The van der Waals surface area contributed by atoms with Crippen LogP contribution in [-0.4, -0.2) is 28.5 Å². The van der Waals surface area contributed by atoms with E-state index >= 15 is 0 Å². The summed E-state index contributed by atoms with van der Waals surface area (Å²) in [4.78, 5) is 27.6. The second-order valence-electron chi connectivity index (χ2n) is 7.96. The van der Waals surface area contributed by atoms with Crippen LogP contribution in [0.1, 0.15) is 28.4 Å². The first-order chi connectivity index (χ1) is 14.1. The average Bonchev–Trinajstić information content (AvgIpc) is 2.75. The van der Waals surface area contributed by atoms with Crippen molar-refractivity contribution in [2.75, 3.05) is 13.1 Å². The Hall–Kier alpha value is -2.85. The van der Waals surface area contributed by atoms with Gasteiger partial charge in [-0.2, -0.15) is 0 Å². The third-order valence-corrected chi connectivity index (χ3v) is 6.31. The summed E-state index contributed by atoms with van der Waals surface area (Å²) in [6, 6.07) is 20.7. The molecule has 0 saturated carbocycles. The number of carbonyl (C=O) groups is 1. The van der Waals surface area contributed by atoms with E-state index in [2.05, 4.69) is 0 Å². The second kappa shape index (κ2) is 7.20. The molecule has 2 aromatic carbocycles. The fourth-order valence-corrected chi connectivity index (χ4v) is 4.94. The predicted octanol–water partition coefficient (Wildman–Crippen LogP) is 4.43.